The summed E-state index contributed by atoms with van der Waals surface area (Å²) in [5.74, 6) is -1.89. The van der Waals surface area contributed by atoms with Crippen LogP contribution in [-0.4, -0.2) is 23.0 Å². The van der Waals surface area contributed by atoms with Gasteiger partial charge in [-0.2, -0.15) is 5.10 Å². The average molecular weight is 347 g/mol. The van der Waals surface area contributed by atoms with Crippen LogP contribution in [0.5, 0.6) is 0 Å². The van der Waals surface area contributed by atoms with E-state index in [1.807, 2.05) is 5.43 Å². The topological polar surface area (TPSA) is 114 Å². The third-order valence-electron chi connectivity index (χ3n) is 2.80. The van der Waals surface area contributed by atoms with Crippen molar-refractivity contribution in [2.75, 3.05) is 5.32 Å². The summed E-state index contributed by atoms with van der Waals surface area (Å²) in [5.41, 5.74) is 2.54. The Bertz CT molecular complexity index is 808. The number of nitrogens with zero attached hydrogens (tertiary/aromatic N) is 2. The van der Waals surface area contributed by atoms with Crippen LogP contribution >= 0.6 is 11.6 Å². The van der Waals surface area contributed by atoms with Crippen molar-refractivity contribution in [1.29, 1.82) is 0 Å². The lowest BCUT2D eigenvalue weighted by Crippen LogP contribution is -2.32. The molecule has 8 nitrogen and oxygen atoms in total. The number of carbonyl (C=O) groups is 2. The first-order chi connectivity index (χ1) is 11.5. The van der Waals surface area contributed by atoms with Crippen molar-refractivity contribution >= 4 is 41.0 Å². The molecule has 0 atom stereocenters. The molecule has 24 heavy (non-hydrogen) atoms. The number of carbonyl (C=O) groups excluding carboxylic acids is 2. The van der Waals surface area contributed by atoms with E-state index in [1.165, 1.54) is 18.2 Å². The summed E-state index contributed by atoms with van der Waals surface area (Å²) in [6.45, 7) is 0. The van der Waals surface area contributed by atoms with Crippen molar-refractivity contribution in [1.82, 2.24) is 5.43 Å². The van der Waals surface area contributed by atoms with E-state index in [0.29, 0.717) is 5.69 Å². The van der Waals surface area contributed by atoms with Crippen LogP contribution in [0.4, 0.5) is 11.4 Å². The molecule has 0 bridgehead atoms. The minimum atomic E-state index is -0.989. The number of anilines is 1. The maximum absolute atomic E-state index is 11.7. The monoisotopic (exact) mass is 346 g/mol. The number of nitrogens with one attached hydrogen (secondary N) is 2. The average Bonchev–Trinajstić information content (AvgIpc) is 2.57. The summed E-state index contributed by atoms with van der Waals surface area (Å²) in [4.78, 5) is 33.4. The number of halogens is 1. The highest BCUT2D eigenvalue weighted by Gasteiger charge is 2.13. The Morgan fingerprint density at radius 2 is 1.83 bits per heavy atom. The number of hydrogen-bond acceptors (Lipinski definition) is 5. The Balaban J connectivity index is 1.98. The number of nitro groups is 1. The van der Waals surface area contributed by atoms with Crippen LogP contribution in [0, 0.1) is 10.1 Å². The van der Waals surface area contributed by atoms with Gasteiger partial charge in [-0.25, -0.2) is 5.43 Å². The van der Waals surface area contributed by atoms with Crippen LogP contribution < -0.4 is 10.7 Å². The van der Waals surface area contributed by atoms with Gasteiger partial charge < -0.3 is 5.32 Å². The summed E-state index contributed by atoms with van der Waals surface area (Å²) < 4.78 is 0. The van der Waals surface area contributed by atoms with E-state index in [9.17, 15) is 19.7 Å². The molecular formula is C15H11ClN4O4. The fraction of sp³-hybridized carbons (Fsp3) is 0. The lowest BCUT2D eigenvalue weighted by atomic mass is 10.2. The Labute approximate surface area is 141 Å². The maximum atomic E-state index is 11.7. The number of nitro benzene ring substituents is 1. The molecule has 0 radical (unpaired) electrons. The smallest absolute Gasteiger partial charge is 0.318 e. The summed E-state index contributed by atoms with van der Waals surface area (Å²) in [6, 6.07) is 12.2. The van der Waals surface area contributed by atoms with Crippen LogP contribution in [-0.2, 0) is 9.59 Å². The van der Waals surface area contributed by atoms with Crippen molar-refractivity contribution in [3.05, 3.63) is 69.2 Å². The van der Waals surface area contributed by atoms with Gasteiger partial charge in [-0.15, -0.1) is 0 Å². The molecule has 0 aliphatic carbocycles. The highest BCUT2D eigenvalue weighted by Crippen LogP contribution is 2.20. The van der Waals surface area contributed by atoms with E-state index in [0.717, 1.165) is 6.21 Å². The number of hydrogen-bond donors (Lipinski definition) is 2. The lowest BCUT2D eigenvalue weighted by molar-refractivity contribution is -0.384. The predicted octanol–water partition coefficient (Wildman–Crippen LogP) is 2.34. The van der Waals surface area contributed by atoms with Gasteiger partial charge in [-0.05, 0) is 18.2 Å². The molecule has 0 aliphatic heterocycles. The third kappa shape index (κ3) is 4.62. The summed E-state index contributed by atoms with van der Waals surface area (Å²) in [5, 5.41) is 16.9. The largest absolute Gasteiger partial charge is 0.329 e. The Kier molecular flexibility index (Phi) is 5.58. The molecule has 122 valence electrons. The minimum absolute atomic E-state index is 0.172. The summed E-state index contributed by atoms with van der Waals surface area (Å²) in [7, 11) is 0. The highest BCUT2D eigenvalue weighted by molar-refractivity contribution is 6.39. The number of non-ortho nitro benzene ring substituents is 1. The quantitative estimate of drug-likeness (QED) is 0.382. The van der Waals surface area contributed by atoms with Crippen molar-refractivity contribution in [2.24, 2.45) is 5.10 Å². The van der Waals surface area contributed by atoms with Gasteiger partial charge in [-0.3, -0.25) is 19.7 Å². The van der Waals surface area contributed by atoms with Gasteiger partial charge in [0.1, 0.15) is 0 Å². The zero-order valence-corrected chi connectivity index (χ0v) is 12.9. The summed E-state index contributed by atoms with van der Waals surface area (Å²) >= 11 is 5.88. The second-order valence-electron chi connectivity index (χ2n) is 4.48. The Morgan fingerprint density at radius 1 is 1.12 bits per heavy atom. The second-order valence-corrected chi connectivity index (χ2v) is 4.89. The van der Waals surface area contributed by atoms with E-state index < -0.39 is 16.7 Å². The van der Waals surface area contributed by atoms with Crippen LogP contribution in [0.25, 0.3) is 0 Å². The van der Waals surface area contributed by atoms with Crippen molar-refractivity contribution in [3.8, 4) is 0 Å². The fourth-order valence-corrected chi connectivity index (χ4v) is 1.83. The molecular weight excluding hydrogens is 336 g/mol. The zero-order valence-electron chi connectivity index (χ0n) is 12.1. The SMILES string of the molecule is O=C(N/N=C\c1cc([N+](=O)[O-])ccc1Cl)C(=O)Nc1ccccc1. The molecule has 0 heterocycles. The minimum Gasteiger partial charge on any atom is -0.318 e. The van der Waals surface area contributed by atoms with E-state index in [2.05, 4.69) is 10.4 Å². The molecule has 0 unspecified atom stereocenters. The van der Waals surface area contributed by atoms with Gasteiger partial charge in [0.15, 0.2) is 0 Å². The molecule has 0 saturated heterocycles. The molecule has 0 aromatic heterocycles. The predicted molar refractivity (Wildman–Crippen MR) is 88.9 cm³/mol. The van der Waals surface area contributed by atoms with Crippen molar-refractivity contribution < 1.29 is 14.5 Å². The van der Waals surface area contributed by atoms with E-state index >= 15 is 0 Å². The number of rotatable bonds is 4. The van der Waals surface area contributed by atoms with E-state index in [1.54, 1.807) is 30.3 Å². The fourth-order valence-electron chi connectivity index (χ4n) is 1.66. The normalized spacial score (nSPS) is 10.4. The van der Waals surface area contributed by atoms with Crippen molar-refractivity contribution in [3.63, 3.8) is 0 Å². The molecule has 2 aromatic carbocycles. The number of benzene rings is 2. The Morgan fingerprint density at radius 3 is 2.50 bits per heavy atom. The molecule has 9 heteroatoms. The van der Waals surface area contributed by atoms with Crippen molar-refractivity contribution in [2.45, 2.75) is 0 Å². The van der Waals surface area contributed by atoms with Crippen LogP contribution in [0.2, 0.25) is 5.02 Å². The van der Waals surface area contributed by atoms with E-state index in [-0.39, 0.29) is 16.3 Å². The first kappa shape index (κ1) is 17.1. The van der Waals surface area contributed by atoms with Crippen LogP contribution in [0.15, 0.2) is 53.6 Å². The highest BCUT2D eigenvalue weighted by atomic mass is 35.5. The maximum Gasteiger partial charge on any atom is 0.329 e. The van der Waals surface area contributed by atoms with E-state index in [4.69, 9.17) is 11.6 Å². The molecule has 2 aromatic rings. The zero-order chi connectivity index (χ0) is 17.5. The summed E-state index contributed by atoms with van der Waals surface area (Å²) in [6.07, 6.45) is 1.11. The van der Waals surface area contributed by atoms with Crippen LogP contribution in [0.1, 0.15) is 5.56 Å². The molecule has 0 spiro atoms. The lowest BCUT2D eigenvalue weighted by Gasteiger charge is -2.03. The number of amides is 2. The van der Waals surface area contributed by atoms with Gasteiger partial charge in [0.25, 0.3) is 5.69 Å². The van der Waals surface area contributed by atoms with Gasteiger partial charge in [0.2, 0.25) is 0 Å². The van der Waals surface area contributed by atoms with Crippen LogP contribution in [0.3, 0.4) is 0 Å². The number of para-hydroxylation sites is 1. The second kappa shape index (κ2) is 7.84. The van der Waals surface area contributed by atoms with Gasteiger partial charge in [0.05, 0.1) is 11.1 Å². The standard InChI is InChI=1S/C15H11ClN4O4/c16-13-7-6-12(20(23)24)8-10(13)9-17-19-15(22)14(21)18-11-4-2-1-3-5-11/h1-9H,(H,18,21)(H,19,22)/b17-9-. The number of hydrazone groups is 1. The third-order valence-corrected chi connectivity index (χ3v) is 3.14. The molecule has 2 amide bonds. The molecule has 0 saturated carbocycles. The molecule has 2 N–H and O–H groups in total. The van der Waals surface area contributed by atoms with Gasteiger partial charge in [-0.1, -0.05) is 29.8 Å². The molecule has 2 rings (SSSR count). The molecule has 0 fully saturated rings. The molecule has 0 aliphatic rings. The Hall–Kier alpha value is -3.26. The van der Waals surface area contributed by atoms with Gasteiger partial charge in [0, 0.05) is 28.4 Å². The first-order valence-corrected chi connectivity index (χ1v) is 6.98. The first-order valence-electron chi connectivity index (χ1n) is 6.61. The van der Waals surface area contributed by atoms with Gasteiger partial charge >= 0.3 is 11.8 Å².